The predicted octanol–water partition coefficient (Wildman–Crippen LogP) is 5.56. The van der Waals surface area contributed by atoms with Gasteiger partial charge in [-0.1, -0.05) is 19.1 Å². The molecule has 0 unspecified atom stereocenters. The van der Waals surface area contributed by atoms with Gasteiger partial charge in [-0.25, -0.2) is 12.8 Å². The van der Waals surface area contributed by atoms with E-state index < -0.39 is 27.8 Å². The summed E-state index contributed by atoms with van der Waals surface area (Å²) in [5.41, 5.74) is 1.45. The lowest BCUT2D eigenvalue weighted by molar-refractivity contribution is -0.0177. The number of hydrogen-bond donors (Lipinski definition) is 2. The fourth-order valence-corrected chi connectivity index (χ4v) is 6.74. The molecule has 4 rings (SSSR count). The number of aliphatic hydroxyl groups is 1. The van der Waals surface area contributed by atoms with Gasteiger partial charge in [0.2, 0.25) is 0 Å². The highest BCUT2D eigenvalue weighted by molar-refractivity contribution is 7.92. The van der Waals surface area contributed by atoms with Crippen LogP contribution in [0.4, 0.5) is 10.1 Å². The fourth-order valence-electron chi connectivity index (χ4n) is 5.69. The van der Waals surface area contributed by atoms with E-state index in [0.717, 1.165) is 42.7 Å². The van der Waals surface area contributed by atoms with Crippen molar-refractivity contribution in [3.05, 3.63) is 83.7 Å². The number of carbonyl (C=O) groups is 1. The van der Waals surface area contributed by atoms with E-state index in [2.05, 4.69) is 9.62 Å². The van der Waals surface area contributed by atoms with Crippen molar-refractivity contribution in [2.45, 2.75) is 69.7 Å². The number of likely N-dealkylation sites (N-methyl/N-ethyl adjacent to an activating group) is 1. The molecule has 1 heterocycles. The molecule has 0 bridgehead atoms. The Balaban J connectivity index is 1.62. The highest BCUT2D eigenvalue weighted by Crippen LogP contribution is 2.30. The van der Waals surface area contributed by atoms with Crippen molar-refractivity contribution in [1.82, 2.24) is 9.80 Å². The average Bonchev–Trinajstić information content (AvgIpc) is 3.06. The maximum Gasteiger partial charge on any atom is 0.261 e. The number of fused-ring (bicyclic) bond motifs is 1. The van der Waals surface area contributed by atoms with Crippen LogP contribution in [0, 0.1) is 11.7 Å². The normalized spacial score (nSPS) is 20.4. The van der Waals surface area contributed by atoms with Gasteiger partial charge in [0.1, 0.15) is 17.3 Å². The lowest BCUT2D eigenvalue weighted by Crippen LogP contribution is -2.47. The molecule has 1 amide bonds. The minimum atomic E-state index is -4.07. The Morgan fingerprint density at radius 1 is 1.08 bits per heavy atom. The van der Waals surface area contributed by atoms with Crippen LogP contribution in [0.5, 0.6) is 11.5 Å². The van der Waals surface area contributed by atoms with Gasteiger partial charge in [0.25, 0.3) is 15.9 Å². The molecular weight excluding hydrogens is 637 g/mol. The standard InChI is InChI=1S/C36H48FN3O7S/c1-25-21-40(26(2)24-41)36(42)33-20-30(38-48(43,44)32-16-11-29(37)12-17-32)13-18-34(33)47-27(3)8-6-7-19-46-35(25)23-39(4)22-28-9-14-31(45-5)15-10-28/h9-18,20,25-27,35,38,41H,6-8,19,21-24H2,1-5H3/t25-,26+,27+,35+/m0/s1. The van der Waals surface area contributed by atoms with Crippen LogP contribution in [0.1, 0.15) is 56.0 Å². The van der Waals surface area contributed by atoms with E-state index >= 15 is 0 Å². The number of rotatable bonds is 10. The second-order valence-corrected chi connectivity index (χ2v) is 14.3. The van der Waals surface area contributed by atoms with Gasteiger partial charge in [-0.05, 0) is 100 Å². The smallest absolute Gasteiger partial charge is 0.261 e. The summed E-state index contributed by atoms with van der Waals surface area (Å²) in [7, 11) is -0.395. The molecule has 1 aliphatic heterocycles. The van der Waals surface area contributed by atoms with Gasteiger partial charge in [0, 0.05) is 37.8 Å². The quantitative estimate of drug-likeness (QED) is 0.285. The van der Waals surface area contributed by atoms with Gasteiger partial charge in [-0.2, -0.15) is 0 Å². The van der Waals surface area contributed by atoms with E-state index in [0.29, 0.717) is 25.4 Å². The number of nitrogens with one attached hydrogen (secondary N) is 1. The van der Waals surface area contributed by atoms with Crippen LogP contribution in [0.3, 0.4) is 0 Å². The first-order valence-corrected chi connectivity index (χ1v) is 17.8. The first-order valence-electron chi connectivity index (χ1n) is 16.3. The molecule has 1 aliphatic rings. The Bertz CT molecular complexity index is 1590. The summed E-state index contributed by atoms with van der Waals surface area (Å²) in [5, 5.41) is 10.2. The van der Waals surface area contributed by atoms with Crippen LogP contribution in [-0.4, -0.2) is 87.9 Å². The summed E-state index contributed by atoms with van der Waals surface area (Å²) in [6.07, 6.45) is 1.99. The lowest BCUT2D eigenvalue weighted by Gasteiger charge is -2.36. The third kappa shape index (κ3) is 10.1. The van der Waals surface area contributed by atoms with E-state index in [1.54, 1.807) is 25.0 Å². The largest absolute Gasteiger partial charge is 0.497 e. The molecule has 0 radical (unpaired) electrons. The molecule has 3 aromatic rings. The Labute approximate surface area is 283 Å². The molecule has 10 nitrogen and oxygen atoms in total. The number of halogens is 1. The zero-order valence-corrected chi connectivity index (χ0v) is 29.2. The van der Waals surface area contributed by atoms with Gasteiger partial charge in [-0.15, -0.1) is 0 Å². The maximum absolute atomic E-state index is 14.4. The number of aliphatic hydroxyl groups excluding tert-OH is 1. The Morgan fingerprint density at radius 3 is 2.46 bits per heavy atom. The molecule has 48 heavy (non-hydrogen) atoms. The van der Waals surface area contributed by atoms with E-state index in [4.69, 9.17) is 14.2 Å². The number of ether oxygens (including phenoxy) is 3. The monoisotopic (exact) mass is 685 g/mol. The number of amides is 1. The Kier molecular flexibility index (Phi) is 13.2. The minimum absolute atomic E-state index is 0.118. The predicted molar refractivity (Wildman–Crippen MR) is 183 cm³/mol. The topological polar surface area (TPSA) is 118 Å². The molecule has 0 saturated heterocycles. The first kappa shape index (κ1) is 37.1. The van der Waals surface area contributed by atoms with Crippen LogP contribution < -0.4 is 14.2 Å². The molecule has 2 N–H and O–H groups in total. The van der Waals surface area contributed by atoms with Crippen LogP contribution in [0.25, 0.3) is 0 Å². The molecule has 0 saturated carbocycles. The second-order valence-electron chi connectivity index (χ2n) is 12.6. The highest BCUT2D eigenvalue weighted by Gasteiger charge is 2.30. The molecule has 0 aliphatic carbocycles. The van der Waals surface area contributed by atoms with E-state index in [-0.39, 0.29) is 47.4 Å². The molecule has 0 fully saturated rings. The SMILES string of the molecule is COc1ccc(CN(C)C[C@H]2OCCCC[C@@H](C)Oc3ccc(NS(=O)(=O)c4ccc(F)cc4)cc3C(=O)N([C@H](C)CO)C[C@@H]2C)cc1. The van der Waals surface area contributed by atoms with E-state index in [1.807, 2.05) is 45.2 Å². The van der Waals surface area contributed by atoms with Crippen molar-refractivity contribution >= 4 is 21.6 Å². The Morgan fingerprint density at radius 2 is 1.79 bits per heavy atom. The molecular formula is C36H48FN3O7S. The summed E-state index contributed by atoms with van der Waals surface area (Å²) >= 11 is 0. The van der Waals surface area contributed by atoms with E-state index in [9.17, 15) is 22.7 Å². The summed E-state index contributed by atoms with van der Waals surface area (Å²) in [5.74, 6) is 0.0411. The molecule has 0 spiro atoms. The molecule has 4 atom stereocenters. The Hall–Kier alpha value is -3.71. The van der Waals surface area contributed by atoms with Gasteiger partial charge in [-0.3, -0.25) is 14.4 Å². The first-order chi connectivity index (χ1) is 22.9. The molecule has 3 aromatic carbocycles. The number of anilines is 1. The molecule has 12 heteroatoms. The average molecular weight is 686 g/mol. The van der Waals surface area contributed by atoms with Crippen molar-refractivity contribution in [3.63, 3.8) is 0 Å². The number of hydrogen-bond acceptors (Lipinski definition) is 8. The van der Waals surface area contributed by atoms with Crippen molar-refractivity contribution in [1.29, 1.82) is 0 Å². The fraction of sp³-hybridized carbons (Fsp3) is 0.472. The zero-order valence-electron chi connectivity index (χ0n) is 28.4. The summed E-state index contributed by atoms with van der Waals surface area (Å²) in [6, 6.07) is 16.5. The van der Waals surface area contributed by atoms with Gasteiger partial charge >= 0.3 is 0 Å². The summed E-state index contributed by atoms with van der Waals surface area (Å²) < 4.78 is 60.2. The van der Waals surface area contributed by atoms with Gasteiger partial charge < -0.3 is 24.2 Å². The molecule has 262 valence electrons. The van der Waals surface area contributed by atoms with Crippen LogP contribution in [-0.2, 0) is 21.3 Å². The van der Waals surface area contributed by atoms with Crippen LogP contribution in [0.2, 0.25) is 0 Å². The maximum atomic E-state index is 14.4. The third-order valence-electron chi connectivity index (χ3n) is 8.53. The highest BCUT2D eigenvalue weighted by atomic mass is 32.2. The van der Waals surface area contributed by atoms with Gasteiger partial charge in [0.05, 0.1) is 42.4 Å². The van der Waals surface area contributed by atoms with Crippen molar-refractivity contribution in [2.24, 2.45) is 5.92 Å². The number of methoxy groups -OCH3 is 1. The van der Waals surface area contributed by atoms with Crippen molar-refractivity contribution < 1.29 is 36.9 Å². The molecule has 0 aromatic heterocycles. The third-order valence-corrected chi connectivity index (χ3v) is 9.93. The number of nitrogens with zero attached hydrogens (tertiary/aromatic N) is 2. The summed E-state index contributed by atoms with van der Waals surface area (Å²) in [4.78, 5) is 18.0. The van der Waals surface area contributed by atoms with Gasteiger partial charge in [0.15, 0.2) is 0 Å². The number of benzene rings is 3. The number of carbonyl (C=O) groups excluding carboxylic acids is 1. The van der Waals surface area contributed by atoms with Crippen molar-refractivity contribution in [3.8, 4) is 11.5 Å². The van der Waals surface area contributed by atoms with E-state index in [1.165, 1.54) is 24.3 Å². The zero-order chi connectivity index (χ0) is 34.8. The minimum Gasteiger partial charge on any atom is -0.497 e. The second kappa shape index (κ2) is 17.1. The van der Waals surface area contributed by atoms with Crippen LogP contribution >= 0.6 is 0 Å². The van der Waals surface area contributed by atoms with Crippen LogP contribution in [0.15, 0.2) is 71.6 Å². The summed E-state index contributed by atoms with van der Waals surface area (Å²) in [6.45, 7) is 7.62. The number of sulfonamides is 1. The lowest BCUT2D eigenvalue weighted by atomic mass is 10.0. The van der Waals surface area contributed by atoms with Crippen molar-refractivity contribution in [2.75, 3.05) is 45.2 Å².